The van der Waals surface area contributed by atoms with Crippen molar-refractivity contribution in [2.75, 3.05) is 0 Å². The average Bonchev–Trinajstić information content (AvgIpc) is 2.44. The molecule has 0 aromatic heterocycles. The number of hydrogen-bond donors (Lipinski definition) is 0. The van der Waals surface area contributed by atoms with Crippen molar-refractivity contribution in [1.82, 2.24) is 0 Å². The first-order valence-corrected chi connectivity index (χ1v) is 9.38. The first-order valence-electron chi connectivity index (χ1n) is 7.16. The Balaban J connectivity index is 3.83. The topological polar surface area (TPSA) is 0 Å². The molecule has 0 saturated heterocycles. The van der Waals surface area contributed by atoms with Crippen LogP contribution in [0, 0.1) is 5.92 Å². The van der Waals surface area contributed by atoms with Gasteiger partial charge in [0.1, 0.15) is 0 Å². The van der Waals surface area contributed by atoms with Crippen molar-refractivity contribution in [3.8, 4) is 0 Å². The molecular weight excluding hydrogens is 572 g/mol. The molecule has 0 N–H and O–H groups in total. The van der Waals surface area contributed by atoms with Crippen LogP contribution in [0.1, 0.15) is 26.2 Å². The summed E-state index contributed by atoms with van der Waals surface area (Å²) in [5.41, 5.74) is -8.75. The van der Waals surface area contributed by atoms with Crippen molar-refractivity contribution >= 4 is 57.4 Å². The van der Waals surface area contributed by atoms with E-state index in [-0.39, 0.29) is 16.4 Å². The average molecular weight is 583 g/mol. The van der Waals surface area contributed by atoms with E-state index in [1.165, 1.54) is 29.5 Å². The van der Waals surface area contributed by atoms with E-state index in [4.69, 9.17) is 34.8 Å². The van der Waals surface area contributed by atoms with Crippen LogP contribution in [-0.2, 0) is 0 Å². The molecular formula is C14H11Cl3F9I. The minimum Gasteiger partial charge on any atom is -0.221 e. The van der Waals surface area contributed by atoms with Gasteiger partial charge in [-0.25, -0.2) is 4.39 Å². The predicted octanol–water partition coefficient (Wildman–Crippen LogP) is 8.26. The zero-order chi connectivity index (χ0) is 21.6. The van der Waals surface area contributed by atoms with Crippen molar-refractivity contribution < 1.29 is 39.5 Å². The van der Waals surface area contributed by atoms with E-state index in [0.717, 1.165) is 0 Å². The molecule has 0 heterocycles. The lowest BCUT2D eigenvalue weighted by atomic mass is 9.76. The third kappa shape index (κ3) is 4.96. The van der Waals surface area contributed by atoms with Crippen LogP contribution in [0.4, 0.5) is 39.5 Å². The van der Waals surface area contributed by atoms with Gasteiger partial charge in [0.25, 0.3) is 0 Å². The summed E-state index contributed by atoms with van der Waals surface area (Å²) in [7, 11) is 0. The van der Waals surface area contributed by atoms with Gasteiger partial charge in [-0.1, -0.05) is 47.8 Å². The normalized spacial score (nSPS) is 22.6. The summed E-state index contributed by atoms with van der Waals surface area (Å²) < 4.78 is 118. The van der Waals surface area contributed by atoms with Crippen molar-refractivity contribution in [3.63, 3.8) is 0 Å². The Kier molecular flexibility index (Phi) is 7.50. The van der Waals surface area contributed by atoms with Crippen LogP contribution < -0.4 is 0 Å². The number of hydrogen-bond acceptors (Lipinski definition) is 0. The number of rotatable bonds is 4. The van der Waals surface area contributed by atoms with Gasteiger partial charge in [0.15, 0.2) is 3.79 Å². The van der Waals surface area contributed by atoms with Gasteiger partial charge < -0.3 is 0 Å². The molecule has 158 valence electrons. The minimum atomic E-state index is -6.81. The summed E-state index contributed by atoms with van der Waals surface area (Å²) in [4.78, 5) is 0. The van der Waals surface area contributed by atoms with Gasteiger partial charge in [0, 0.05) is 12.0 Å². The second kappa shape index (κ2) is 7.94. The lowest BCUT2D eigenvalue weighted by Gasteiger charge is -2.40. The SMILES string of the molecule is CCC1C=C(C(F)(C(F)(F)F)C(F)(F)C(F)(F)F)C(CC(Cl)(Cl)Cl)=C(I)C1. The van der Waals surface area contributed by atoms with Crippen LogP contribution in [0.2, 0.25) is 0 Å². The zero-order valence-electron chi connectivity index (χ0n) is 13.2. The van der Waals surface area contributed by atoms with E-state index < -0.39 is 51.2 Å². The van der Waals surface area contributed by atoms with E-state index in [0.29, 0.717) is 6.08 Å². The fraction of sp³-hybridized carbons (Fsp3) is 0.714. The second-order valence-corrected chi connectivity index (χ2v) is 9.67. The Bertz CT molecular complexity index is 631. The summed E-state index contributed by atoms with van der Waals surface area (Å²) in [6.07, 6.45) is -13.9. The molecule has 0 bridgehead atoms. The quantitative estimate of drug-likeness (QED) is 0.178. The van der Waals surface area contributed by atoms with Gasteiger partial charge in [0.05, 0.1) is 0 Å². The van der Waals surface area contributed by atoms with Crippen molar-refractivity contribution in [1.29, 1.82) is 0 Å². The van der Waals surface area contributed by atoms with E-state index in [1.54, 1.807) is 0 Å². The highest BCUT2D eigenvalue weighted by Crippen LogP contribution is 2.60. The van der Waals surface area contributed by atoms with Gasteiger partial charge in [-0.15, -0.1) is 0 Å². The third-order valence-corrected chi connectivity index (χ3v) is 5.44. The monoisotopic (exact) mass is 582 g/mol. The van der Waals surface area contributed by atoms with Gasteiger partial charge in [0.2, 0.25) is 0 Å². The molecule has 1 aliphatic rings. The molecule has 0 spiro atoms. The van der Waals surface area contributed by atoms with E-state index in [9.17, 15) is 39.5 Å². The fourth-order valence-corrected chi connectivity index (χ4v) is 4.01. The molecule has 2 unspecified atom stereocenters. The number of alkyl halides is 12. The molecule has 0 fully saturated rings. The van der Waals surface area contributed by atoms with Gasteiger partial charge in [-0.3, -0.25) is 0 Å². The van der Waals surface area contributed by atoms with E-state index in [1.807, 2.05) is 0 Å². The summed E-state index contributed by atoms with van der Waals surface area (Å²) in [5, 5.41) is 0. The molecule has 27 heavy (non-hydrogen) atoms. The van der Waals surface area contributed by atoms with Crippen molar-refractivity contribution in [2.24, 2.45) is 5.92 Å². The smallest absolute Gasteiger partial charge is 0.221 e. The molecule has 0 saturated carbocycles. The standard InChI is InChI=1S/C14H11Cl3F9I/c1-2-6-3-8(7(9(27)4-6)5-10(15,16)17)11(18,13(21,22)23)12(19,20)14(24,25)26/h3,6H,2,4-5H2,1H3. The number of allylic oxidation sites excluding steroid dienone is 4. The second-order valence-electron chi connectivity index (χ2n) is 5.86. The predicted molar refractivity (Wildman–Crippen MR) is 93.3 cm³/mol. The Morgan fingerprint density at radius 2 is 1.44 bits per heavy atom. The first-order chi connectivity index (χ1) is 11.8. The molecule has 13 heteroatoms. The van der Waals surface area contributed by atoms with Crippen molar-refractivity contribution in [2.45, 2.75) is 53.9 Å². The highest BCUT2D eigenvalue weighted by Gasteiger charge is 2.82. The van der Waals surface area contributed by atoms with Crippen LogP contribution >= 0.6 is 57.4 Å². The van der Waals surface area contributed by atoms with Gasteiger partial charge in [-0.05, 0) is 50.5 Å². The lowest BCUT2D eigenvalue weighted by molar-refractivity contribution is -0.372. The molecule has 0 nitrogen and oxygen atoms in total. The van der Waals surface area contributed by atoms with Crippen LogP contribution in [0.5, 0.6) is 0 Å². The molecule has 0 aromatic carbocycles. The molecule has 0 radical (unpaired) electrons. The Morgan fingerprint density at radius 1 is 0.963 bits per heavy atom. The van der Waals surface area contributed by atoms with Crippen LogP contribution in [0.25, 0.3) is 0 Å². The maximum Gasteiger partial charge on any atom is 0.457 e. The minimum absolute atomic E-state index is 0.0117. The largest absolute Gasteiger partial charge is 0.457 e. The molecule has 2 atom stereocenters. The summed E-state index contributed by atoms with van der Waals surface area (Å²) in [6, 6.07) is 0. The molecule has 0 aromatic rings. The molecule has 0 amide bonds. The summed E-state index contributed by atoms with van der Waals surface area (Å²) >= 11 is 17.9. The Hall–Kier alpha value is 0.450. The highest BCUT2D eigenvalue weighted by atomic mass is 127. The summed E-state index contributed by atoms with van der Waals surface area (Å²) in [6.45, 7) is 1.46. The van der Waals surface area contributed by atoms with E-state index in [2.05, 4.69) is 0 Å². The van der Waals surface area contributed by atoms with E-state index >= 15 is 0 Å². The first kappa shape index (κ1) is 25.5. The van der Waals surface area contributed by atoms with Crippen LogP contribution in [0.3, 0.4) is 0 Å². The summed E-state index contributed by atoms with van der Waals surface area (Å²) in [5.74, 6) is -7.66. The maximum absolute atomic E-state index is 14.9. The zero-order valence-corrected chi connectivity index (χ0v) is 17.6. The number of halogens is 13. The Morgan fingerprint density at radius 3 is 1.78 bits per heavy atom. The molecule has 1 rings (SSSR count). The fourth-order valence-electron chi connectivity index (χ4n) is 2.57. The third-order valence-electron chi connectivity index (χ3n) is 3.95. The lowest BCUT2D eigenvalue weighted by Crippen LogP contribution is -2.63. The van der Waals surface area contributed by atoms with Crippen LogP contribution in [0.15, 0.2) is 20.8 Å². The maximum atomic E-state index is 14.9. The van der Waals surface area contributed by atoms with Crippen molar-refractivity contribution in [3.05, 3.63) is 20.8 Å². The van der Waals surface area contributed by atoms with Gasteiger partial charge in [-0.2, -0.15) is 35.1 Å². The molecule has 0 aliphatic heterocycles. The van der Waals surface area contributed by atoms with Gasteiger partial charge >= 0.3 is 23.9 Å². The Labute approximate surface area is 177 Å². The molecule has 1 aliphatic carbocycles. The van der Waals surface area contributed by atoms with Crippen LogP contribution in [-0.4, -0.2) is 27.7 Å². The highest BCUT2D eigenvalue weighted by molar-refractivity contribution is 14.1.